The van der Waals surface area contributed by atoms with E-state index < -0.39 is 34.1 Å². The second-order valence-corrected chi connectivity index (χ2v) is 5.11. The van der Waals surface area contributed by atoms with Crippen molar-refractivity contribution in [1.82, 2.24) is 0 Å². The molecule has 1 aromatic rings. The van der Waals surface area contributed by atoms with Crippen LogP contribution in [-0.4, -0.2) is 28.6 Å². The first kappa shape index (κ1) is 15.1. The minimum atomic E-state index is -1.23. The number of halogens is 2. The average Bonchev–Trinajstić information content (AvgIpc) is 2.36. The fourth-order valence-electron chi connectivity index (χ4n) is 2.71. The lowest BCUT2D eigenvalue weighted by Gasteiger charge is -2.37. The maximum absolute atomic E-state index is 13.6. The molecular formula is C13H14F2N2O4. The first-order valence-corrected chi connectivity index (χ1v) is 6.44. The normalized spacial score (nSPS) is 22.1. The van der Waals surface area contributed by atoms with Crippen LogP contribution in [0, 0.1) is 27.7 Å². The van der Waals surface area contributed by atoms with Crippen LogP contribution < -0.4 is 4.90 Å². The zero-order chi connectivity index (χ0) is 15.7. The Bertz CT molecular complexity index is 594. The molecule has 1 aromatic carbocycles. The highest BCUT2D eigenvalue weighted by molar-refractivity contribution is 5.71. The summed E-state index contributed by atoms with van der Waals surface area (Å²) in [4.78, 5) is 22.6. The van der Waals surface area contributed by atoms with Crippen LogP contribution in [0.1, 0.15) is 19.8 Å². The van der Waals surface area contributed by atoms with Gasteiger partial charge in [-0.3, -0.25) is 14.9 Å². The Labute approximate surface area is 119 Å². The number of nitro groups is 1. The summed E-state index contributed by atoms with van der Waals surface area (Å²) >= 11 is 0. The molecule has 114 valence electrons. The molecule has 2 unspecified atom stereocenters. The number of benzene rings is 1. The van der Waals surface area contributed by atoms with Gasteiger partial charge in [0.05, 0.1) is 10.8 Å². The largest absolute Gasteiger partial charge is 0.481 e. The SMILES string of the molecule is CC1CC(C(=O)O)CCN1c1cc(F)cc(F)c1[N+](=O)[O-]. The van der Waals surface area contributed by atoms with E-state index in [4.69, 9.17) is 5.11 Å². The van der Waals surface area contributed by atoms with Crippen molar-refractivity contribution < 1.29 is 23.6 Å². The van der Waals surface area contributed by atoms with Crippen molar-refractivity contribution in [2.75, 3.05) is 11.4 Å². The molecule has 2 rings (SSSR count). The van der Waals surface area contributed by atoms with Crippen LogP contribution in [0.2, 0.25) is 0 Å². The smallest absolute Gasteiger partial charge is 0.328 e. The van der Waals surface area contributed by atoms with Gasteiger partial charge in [0.2, 0.25) is 5.82 Å². The van der Waals surface area contributed by atoms with Crippen molar-refractivity contribution in [2.24, 2.45) is 5.92 Å². The lowest BCUT2D eigenvalue weighted by Crippen LogP contribution is -2.43. The lowest BCUT2D eigenvalue weighted by atomic mass is 9.91. The van der Waals surface area contributed by atoms with Gasteiger partial charge in [-0.15, -0.1) is 0 Å². The number of nitrogens with zero attached hydrogens (tertiary/aromatic N) is 2. The topological polar surface area (TPSA) is 83.7 Å². The Morgan fingerprint density at radius 3 is 2.67 bits per heavy atom. The average molecular weight is 300 g/mol. The van der Waals surface area contributed by atoms with Crippen molar-refractivity contribution in [2.45, 2.75) is 25.8 Å². The second kappa shape index (κ2) is 5.63. The van der Waals surface area contributed by atoms with Crippen molar-refractivity contribution in [1.29, 1.82) is 0 Å². The number of nitro benzene ring substituents is 1. The molecule has 1 N–H and O–H groups in total. The van der Waals surface area contributed by atoms with E-state index in [0.717, 1.165) is 6.07 Å². The zero-order valence-corrected chi connectivity index (χ0v) is 11.3. The molecule has 8 heteroatoms. The van der Waals surface area contributed by atoms with Crippen molar-refractivity contribution >= 4 is 17.3 Å². The Morgan fingerprint density at radius 1 is 1.48 bits per heavy atom. The zero-order valence-electron chi connectivity index (χ0n) is 11.3. The molecule has 1 saturated heterocycles. The summed E-state index contributed by atoms with van der Waals surface area (Å²) in [6.07, 6.45) is 0.541. The van der Waals surface area contributed by atoms with Gasteiger partial charge in [-0.1, -0.05) is 0 Å². The highest BCUT2D eigenvalue weighted by atomic mass is 19.1. The van der Waals surface area contributed by atoms with E-state index in [-0.39, 0.29) is 31.1 Å². The van der Waals surface area contributed by atoms with E-state index in [1.54, 1.807) is 6.92 Å². The molecule has 1 heterocycles. The molecule has 1 aliphatic rings. The number of carboxylic acid groups (broad SMARTS) is 1. The summed E-state index contributed by atoms with van der Waals surface area (Å²) in [6, 6.07) is 1.02. The molecule has 2 atom stereocenters. The molecule has 0 spiro atoms. The molecule has 1 fully saturated rings. The van der Waals surface area contributed by atoms with Crippen LogP contribution in [0.4, 0.5) is 20.2 Å². The Kier molecular flexibility index (Phi) is 4.06. The lowest BCUT2D eigenvalue weighted by molar-refractivity contribution is -0.386. The number of rotatable bonds is 3. The van der Waals surface area contributed by atoms with E-state index in [0.29, 0.717) is 6.07 Å². The molecule has 0 aliphatic carbocycles. The van der Waals surface area contributed by atoms with E-state index in [1.807, 2.05) is 0 Å². The van der Waals surface area contributed by atoms with Gasteiger partial charge in [0.15, 0.2) is 0 Å². The maximum Gasteiger partial charge on any atom is 0.328 e. The summed E-state index contributed by atoms with van der Waals surface area (Å²) in [7, 11) is 0. The minimum absolute atomic E-state index is 0.145. The number of aliphatic carboxylic acids is 1. The molecule has 0 aromatic heterocycles. The molecule has 6 nitrogen and oxygen atoms in total. The Balaban J connectivity index is 2.38. The fraction of sp³-hybridized carbons (Fsp3) is 0.462. The van der Waals surface area contributed by atoms with Crippen LogP contribution in [0.3, 0.4) is 0 Å². The Morgan fingerprint density at radius 2 is 2.14 bits per heavy atom. The van der Waals surface area contributed by atoms with Gasteiger partial charge in [0.1, 0.15) is 11.5 Å². The minimum Gasteiger partial charge on any atom is -0.481 e. The second-order valence-electron chi connectivity index (χ2n) is 5.11. The molecule has 0 bridgehead atoms. The summed E-state index contributed by atoms with van der Waals surface area (Å²) in [6.45, 7) is 1.88. The van der Waals surface area contributed by atoms with Gasteiger partial charge in [-0.2, -0.15) is 4.39 Å². The Hall–Kier alpha value is -2.25. The highest BCUT2D eigenvalue weighted by Crippen LogP contribution is 2.36. The van der Waals surface area contributed by atoms with E-state index >= 15 is 0 Å². The maximum atomic E-state index is 13.6. The predicted molar refractivity (Wildman–Crippen MR) is 70.2 cm³/mol. The van der Waals surface area contributed by atoms with E-state index in [9.17, 15) is 23.7 Å². The number of piperidine rings is 1. The summed E-state index contributed by atoms with van der Waals surface area (Å²) < 4.78 is 27.0. The van der Waals surface area contributed by atoms with Crippen LogP contribution in [0.25, 0.3) is 0 Å². The van der Waals surface area contributed by atoms with Crippen molar-refractivity contribution in [3.8, 4) is 0 Å². The number of carbonyl (C=O) groups is 1. The summed E-state index contributed by atoms with van der Waals surface area (Å²) in [5.74, 6) is -3.61. The number of anilines is 1. The van der Waals surface area contributed by atoms with Gasteiger partial charge < -0.3 is 10.0 Å². The number of hydrogen-bond acceptors (Lipinski definition) is 4. The molecular weight excluding hydrogens is 286 g/mol. The van der Waals surface area contributed by atoms with Crippen molar-refractivity contribution in [3.05, 3.63) is 33.9 Å². The monoisotopic (exact) mass is 300 g/mol. The summed E-state index contributed by atoms with van der Waals surface area (Å²) in [5, 5.41) is 20.0. The van der Waals surface area contributed by atoms with Crippen LogP contribution >= 0.6 is 0 Å². The van der Waals surface area contributed by atoms with Gasteiger partial charge in [-0.25, -0.2) is 4.39 Å². The molecule has 21 heavy (non-hydrogen) atoms. The predicted octanol–water partition coefficient (Wildman–Crippen LogP) is 2.56. The molecule has 0 radical (unpaired) electrons. The quantitative estimate of drug-likeness (QED) is 0.685. The van der Waals surface area contributed by atoms with Crippen molar-refractivity contribution in [3.63, 3.8) is 0 Å². The van der Waals surface area contributed by atoms with Gasteiger partial charge >= 0.3 is 11.7 Å². The fourth-order valence-corrected chi connectivity index (χ4v) is 2.71. The standard InChI is InChI=1S/C13H14F2N2O4/c1-7-4-8(13(18)19)2-3-16(7)11-6-9(14)5-10(15)12(11)17(20)21/h5-8H,2-4H2,1H3,(H,18,19). The molecule has 0 saturated carbocycles. The third-order valence-electron chi connectivity index (χ3n) is 3.73. The van der Waals surface area contributed by atoms with Gasteiger partial charge in [0.25, 0.3) is 0 Å². The van der Waals surface area contributed by atoms with E-state index in [1.165, 1.54) is 4.90 Å². The van der Waals surface area contributed by atoms with Crippen LogP contribution in [-0.2, 0) is 4.79 Å². The third-order valence-corrected chi connectivity index (χ3v) is 3.73. The van der Waals surface area contributed by atoms with Crippen LogP contribution in [0.15, 0.2) is 12.1 Å². The van der Waals surface area contributed by atoms with Crippen LogP contribution in [0.5, 0.6) is 0 Å². The number of carboxylic acids is 1. The number of hydrogen-bond donors (Lipinski definition) is 1. The van der Waals surface area contributed by atoms with Gasteiger partial charge in [-0.05, 0) is 19.8 Å². The molecule has 0 amide bonds. The van der Waals surface area contributed by atoms with E-state index in [2.05, 4.69) is 0 Å². The van der Waals surface area contributed by atoms with Gasteiger partial charge in [0, 0.05) is 24.7 Å². The first-order valence-electron chi connectivity index (χ1n) is 6.44. The molecule has 1 aliphatic heterocycles. The first-order chi connectivity index (χ1) is 9.81. The third kappa shape index (κ3) is 2.93. The summed E-state index contributed by atoms with van der Waals surface area (Å²) in [5.41, 5.74) is -0.925. The highest BCUT2D eigenvalue weighted by Gasteiger charge is 2.34.